The summed E-state index contributed by atoms with van der Waals surface area (Å²) in [7, 11) is 3.24. The van der Waals surface area contributed by atoms with Crippen molar-refractivity contribution >= 4 is 23.2 Å². The van der Waals surface area contributed by atoms with E-state index in [9.17, 15) is 9.59 Å². The van der Waals surface area contributed by atoms with Crippen molar-refractivity contribution in [3.8, 4) is 5.75 Å². The van der Waals surface area contributed by atoms with E-state index in [-0.39, 0.29) is 18.4 Å². The van der Waals surface area contributed by atoms with Gasteiger partial charge in [0.25, 0.3) is 5.91 Å². The van der Waals surface area contributed by atoms with E-state index in [1.54, 1.807) is 32.4 Å². The van der Waals surface area contributed by atoms with Gasteiger partial charge in [-0.15, -0.1) is 0 Å². The molecule has 2 amide bonds. The van der Waals surface area contributed by atoms with Crippen molar-refractivity contribution in [2.24, 2.45) is 0 Å². The molecule has 0 bridgehead atoms. The first-order valence-electron chi connectivity index (χ1n) is 10.4. The molecule has 2 aromatic carbocycles. The summed E-state index contributed by atoms with van der Waals surface area (Å²) < 4.78 is 10.2. The van der Waals surface area contributed by atoms with Crippen LogP contribution in [0.1, 0.15) is 10.4 Å². The number of ether oxygens (including phenoxy) is 2. The second-order valence-corrected chi connectivity index (χ2v) is 7.21. The lowest BCUT2D eigenvalue weighted by Crippen LogP contribution is -2.50. The molecule has 0 radical (unpaired) electrons. The Balaban J connectivity index is 1.50. The number of hydrogen-bond acceptors (Lipinski definition) is 6. The standard InChI is InChI=1S/C23H30N4O4/c1-30-16-11-24-23(29)20-5-3-4-6-21(20)25-17-22(28)27-14-12-26(13-15-27)18-7-9-19(31-2)10-8-18/h3-10,25H,11-17H2,1-2H3,(H,24,29). The number of nitrogens with one attached hydrogen (secondary N) is 2. The molecule has 166 valence electrons. The number of para-hydroxylation sites is 1. The number of nitrogens with zero attached hydrogens (tertiary/aromatic N) is 2. The van der Waals surface area contributed by atoms with E-state index < -0.39 is 0 Å². The molecule has 8 nitrogen and oxygen atoms in total. The monoisotopic (exact) mass is 426 g/mol. The molecule has 0 aliphatic carbocycles. The Labute approximate surface area is 183 Å². The van der Waals surface area contributed by atoms with Crippen molar-refractivity contribution in [2.75, 3.05) is 70.3 Å². The molecule has 0 spiro atoms. The van der Waals surface area contributed by atoms with Gasteiger partial charge >= 0.3 is 0 Å². The fourth-order valence-electron chi connectivity index (χ4n) is 3.49. The third-order valence-electron chi connectivity index (χ3n) is 5.26. The number of hydrogen-bond donors (Lipinski definition) is 2. The second-order valence-electron chi connectivity index (χ2n) is 7.21. The van der Waals surface area contributed by atoms with Gasteiger partial charge in [0.05, 0.1) is 25.8 Å². The van der Waals surface area contributed by atoms with Crippen LogP contribution >= 0.6 is 0 Å². The highest BCUT2D eigenvalue weighted by Crippen LogP contribution is 2.21. The van der Waals surface area contributed by atoms with Gasteiger partial charge in [0.2, 0.25) is 5.91 Å². The maximum atomic E-state index is 12.7. The van der Waals surface area contributed by atoms with Crippen molar-refractivity contribution in [2.45, 2.75) is 0 Å². The third kappa shape index (κ3) is 6.11. The van der Waals surface area contributed by atoms with Gasteiger partial charge in [0.15, 0.2) is 0 Å². The number of anilines is 2. The lowest BCUT2D eigenvalue weighted by molar-refractivity contribution is -0.129. The highest BCUT2D eigenvalue weighted by molar-refractivity contribution is 6.00. The molecule has 31 heavy (non-hydrogen) atoms. The summed E-state index contributed by atoms with van der Waals surface area (Å²) >= 11 is 0. The summed E-state index contributed by atoms with van der Waals surface area (Å²) in [6.07, 6.45) is 0. The molecule has 3 rings (SSSR count). The van der Waals surface area contributed by atoms with Crippen molar-refractivity contribution in [3.63, 3.8) is 0 Å². The van der Waals surface area contributed by atoms with Crippen LogP contribution in [-0.2, 0) is 9.53 Å². The number of carbonyl (C=O) groups is 2. The van der Waals surface area contributed by atoms with Crippen molar-refractivity contribution in [3.05, 3.63) is 54.1 Å². The summed E-state index contributed by atoms with van der Waals surface area (Å²) in [4.78, 5) is 29.2. The Hall–Kier alpha value is -3.26. The number of amides is 2. The molecule has 1 saturated heterocycles. The SMILES string of the molecule is COCCNC(=O)c1ccccc1NCC(=O)N1CCN(c2ccc(OC)cc2)CC1. The molecule has 0 aromatic heterocycles. The van der Waals surface area contributed by atoms with Gasteiger partial charge in [-0.3, -0.25) is 9.59 Å². The van der Waals surface area contributed by atoms with E-state index in [0.717, 1.165) is 24.5 Å². The van der Waals surface area contributed by atoms with Gasteiger partial charge in [-0.05, 0) is 36.4 Å². The van der Waals surface area contributed by atoms with Crippen molar-refractivity contribution in [1.29, 1.82) is 0 Å². The van der Waals surface area contributed by atoms with E-state index in [0.29, 0.717) is 37.5 Å². The molecule has 0 unspecified atom stereocenters. The normalized spacial score (nSPS) is 13.6. The van der Waals surface area contributed by atoms with Gasteiger partial charge in [-0.1, -0.05) is 12.1 Å². The Kier molecular flexibility index (Phi) is 8.12. The van der Waals surface area contributed by atoms with Crippen LogP contribution in [0, 0.1) is 0 Å². The third-order valence-corrected chi connectivity index (χ3v) is 5.26. The first-order valence-corrected chi connectivity index (χ1v) is 10.4. The molecule has 1 aliphatic heterocycles. The average Bonchev–Trinajstić information content (AvgIpc) is 2.83. The van der Waals surface area contributed by atoms with E-state index in [2.05, 4.69) is 15.5 Å². The molecule has 2 N–H and O–H groups in total. The van der Waals surface area contributed by atoms with E-state index in [4.69, 9.17) is 9.47 Å². The van der Waals surface area contributed by atoms with Crippen LogP contribution in [0.25, 0.3) is 0 Å². The van der Waals surface area contributed by atoms with Gasteiger partial charge < -0.3 is 29.9 Å². The van der Waals surface area contributed by atoms with Gasteiger partial charge in [0.1, 0.15) is 5.75 Å². The Morgan fingerprint density at radius 2 is 1.68 bits per heavy atom. The highest BCUT2D eigenvalue weighted by Gasteiger charge is 2.21. The minimum absolute atomic E-state index is 0.0176. The molecule has 1 aliphatic rings. The topological polar surface area (TPSA) is 83.1 Å². The molecular weight excluding hydrogens is 396 g/mol. The van der Waals surface area contributed by atoms with Gasteiger partial charge in [-0.2, -0.15) is 0 Å². The van der Waals surface area contributed by atoms with Crippen LogP contribution in [0.15, 0.2) is 48.5 Å². The molecule has 1 fully saturated rings. The molecule has 1 heterocycles. The Bertz CT molecular complexity index is 864. The van der Waals surface area contributed by atoms with Crippen molar-refractivity contribution < 1.29 is 19.1 Å². The van der Waals surface area contributed by atoms with Gasteiger partial charge in [0, 0.05) is 51.2 Å². The number of methoxy groups -OCH3 is 2. The van der Waals surface area contributed by atoms with Gasteiger partial charge in [-0.25, -0.2) is 0 Å². The zero-order chi connectivity index (χ0) is 22.1. The summed E-state index contributed by atoms with van der Waals surface area (Å²) in [5.41, 5.74) is 2.28. The summed E-state index contributed by atoms with van der Waals surface area (Å²) in [6, 6.07) is 15.1. The number of piperazine rings is 1. The van der Waals surface area contributed by atoms with Crippen molar-refractivity contribution in [1.82, 2.24) is 10.2 Å². The van der Waals surface area contributed by atoms with E-state index in [1.165, 1.54) is 0 Å². The lowest BCUT2D eigenvalue weighted by Gasteiger charge is -2.36. The number of rotatable bonds is 9. The summed E-state index contributed by atoms with van der Waals surface area (Å²) in [6.45, 7) is 3.89. The van der Waals surface area contributed by atoms with E-state index in [1.807, 2.05) is 35.2 Å². The number of benzene rings is 2. The predicted molar refractivity (Wildman–Crippen MR) is 121 cm³/mol. The largest absolute Gasteiger partial charge is 0.497 e. The smallest absolute Gasteiger partial charge is 0.253 e. The van der Waals surface area contributed by atoms with Crippen LogP contribution in [-0.4, -0.2) is 76.8 Å². The maximum Gasteiger partial charge on any atom is 0.253 e. The first kappa shape index (κ1) is 22.4. The van der Waals surface area contributed by atoms with Crippen LogP contribution in [0.3, 0.4) is 0 Å². The Morgan fingerprint density at radius 3 is 2.35 bits per heavy atom. The molecular formula is C23H30N4O4. The molecule has 0 atom stereocenters. The number of carbonyl (C=O) groups excluding carboxylic acids is 2. The molecule has 0 saturated carbocycles. The fraction of sp³-hybridized carbons (Fsp3) is 0.391. The van der Waals surface area contributed by atoms with Crippen LogP contribution in [0.5, 0.6) is 5.75 Å². The van der Waals surface area contributed by atoms with Crippen LogP contribution in [0.2, 0.25) is 0 Å². The fourth-order valence-corrected chi connectivity index (χ4v) is 3.49. The highest BCUT2D eigenvalue weighted by atomic mass is 16.5. The summed E-state index contributed by atoms with van der Waals surface area (Å²) in [5.74, 6) is 0.654. The maximum absolute atomic E-state index is 12.7. The molecule has 2 aromatic rings. The zero-order valence-electron chi connectivity index (χ0n) is 18.1. The Morgan fingerprint density at radius 1 is 0.968 bits per heavy atom. The quantitative estimate of drug-likeness (QED) is 0.596. The zero-order valence-corrected chi connectivity index (χ0v) is 18.1. The average molecular weight is 427 g/mol. The minimum Gasteiger partial charge on any atom is -0.497 e. The lowest BCUT2D eigenvalue weighted by atomic mass is 10.1. The second kappa shape index (κ2) is 11.2. The van der Waals surface area contributed by atoms with E-state index >= 15 is 0 Å². The van der Waals surface area contributed by atoms with Crippen LogP contribution in [0.4, 0.5) is 11.4 Å². The first-order chi connectivity index (χ1) is 15.1. The minimum atomic E-state index is -0.194. The molecule has 8 heteroatoms. The summed E-state index contributed by atoms with van der Waals surface area (Å²) in [5, 5.41) is 5.93. The predicted octanol–water partition coefficient (Wildman–Crippen LogP) is 1.83. The van der Waals surface area contributed by atoms with Crippen LogP contribution < -0.4 is 20.3 Å².